The summed E-state index contributed by atoms with van der Waals surface area (Å²) >= 11 is 0. The molecular weight excluding hydrogens is 333 g/mol. The summed E-state index contributed by atoms with van der Waals surface area (Å²) < 4.78 is 18.8. The summed E-state index contributed by atoms with van der Waals surface area (Å²) in [4.78, 5) is 16.1. The summed E-state index contributed by atoms with van der Waals surface area (Å²) in [6.07, 6.45) is 1.53. The van der Waals surface area contributed by atoms with E-state index in [1.807, 2.05) is 12.1 Å². The first kappa shape index (κ1) is 17.8. The van der Waals surface area contributed by atoms with Crippen molar-refractivity contribution in [3.8, 4) is 11.4 Å². The highest BCUT2D eigenvalue weighted by atomic mass is 19.1. The molecule has 1 heterocycles. The maximum absolute atomic E-state index is 13.7. The molecule has 0 saturated carbocycles. The average Bonchev–Trinajstić information content (AvgIpc) is 3.14. The van der Waals surface area contributed by atoms with E-state index < -0.39 is 5.82 Å². The standard InChI is InChI=1S/C20H20FN3O2/c1-2-14-7-9-15(10-8-14)13-22-18(25)11-12-19-23-20(24-26-19)16-5-3-4-6-17(16)21/h3-10H,2,11-13H2,1H3,(H,22,25). The van der Waals surface area contributed by atoms with E-state index in [4.69, 9.17) is 4.52 Å². The molecule has 1 amide bonds. The van der Waals surface area contributed by atoms with Crippen molar-refractivity contribution in [1.29, 1.82) is 0 Å². The monoisotopic (exact) mass is 353 g/mol. The Bertz CT molecular complexity index is 875. The van der Waals surface area contributed by atoms with E-state index in [0.29, 0.717) is 18.9 Å². The molecule has 1 N–H and O–H groups in total. The molecule has 0 fully saturated rings. The second-order valence-corrected chi connectivity index (χ2v) is 5.94. The third-order valence-electron chi connectivity index (χ3n) is 4.07. The van der Waals surface area contributed by atoms with E-state index >= 15 is 0 Å². The van der Waals surface area contributed by atoms with Crippen LogP contribution < -0.4 is 5.32 Å². The van der Waals surface area contributed by atoms with Gasteiger partial charge in [-0.1, -0.05) is 48.5 Å². The molecule has 0 atom stereocenters. The van der Waals surface area contributed by atoms with Crippen molar-refractivity contribution in [3.63, 3.8) is 0 Å². The highest BCUT2D eigenvalue weighted by molar-refractivity contribution is 5.76. The summed E-state index contributed by atoms with van der Waals surface area (Å²) in [6.45, 7) is 2.58. The molecule has 134 valence electrons. The van der Waals surface area contributed by atoms with Gasteiger partial charge in [-0.3, -0.25) is 4.79 Å². The number of amides is 1. The van der Waals surface area contributed by atoms with Crippen LogP contribution in [-0.4, -0.2) is 16.0 Å². The fraction of sp³-hybridized carbons (Fsp3) is 0.250. The fourth-order valence-electron chi connectivity index (χ4n) is 2.51. The van der Waals surface area contributed by atoms with Crippen LogP contribution in [0.15, 0.2) is 53.1 Å². The molecule has 0 radical (unpaired) electrons. The molecule has 0 aliphatic carbocycles. The topological polar surface area (TPSA) is 68.0 Å². The van der Waals surface area contributed by atoms with E-state index in [2.05, 4.69) is 34.5 Å². The Hall–Kier alpha value is -3.02. The third-order valence-corrected chi connectivity index (χ3v) is 4.07. The Morgan fingerprint density at radius 3 is 2.58 bits per heavy atom. The summed E-state index contributed by atoms with van der Waals surface area (Å²) in [6, 6.07) is 14.4. The van der Waals surface area contributed by atoms with Gasteiger partial charge in [-0.2, -0.15) is 4.98 Å². The summed E-state index contributed by atoms with van der Waals surface area (Å²) in [5, 5.41) is 6.64. The van der Waals surface area contributed by atoms with Gasteiger partial charge in [0.2, 0.25) is 17.6 Å². The second-order valence-electron chi connectivity index (χ2n) is 5.94. The van der Waals surface area contributed by atoms with Crippen molar-refractivity contribution in [2.75, 3.05) is 0 Å². The lowest BCUT2D eigenvalue weighted by Crippen LogP contribution is -2.23. The molecule has 0 unspecified atom stereocenters. The predicted molar refractivity (Wildman–Crippen MR) is 95.7 cm³/mol. The summed E-state index contributed by atoms with van der Waals surface area (Å²) in [5.41, 5.74) is 2.60. The zero-order valence-corrected chi connectivity index (χ0v) is 14.5. The molecule has 1 aromatic heterocycles. The average molecular weight is 353 g/mol. The van der Waals surface area contributed by atoms with Gasteiger partial charge in [-0.25, -0.2) is 4.39 Å². The number of hydrogen-bond acceptors (Lipinski definition) is 4. The van der Waals surface area contributed by atoms with Crippen LogP contribution in [0.3, 0.4) is 0 Å². The van der Waals surface area contributed by atoms with Crippen molar-refractivity contribution in [1.82, 2.24) is 15.5 Å². The van der Waals surface area contributed by atoms with Crippen molar-refractivity contribution in [3.05, 3.63) is 71.4 Å². The van der Waals surface area contributed by atoms with Crippen LogP contribution in [0.5, 0.6) is 0 Å². The van der Waals surface area contributed by atoms with E-state index in [1.165, 1.54) is 11.6 Å². The van der Waals surface area contributed by atoms with E-state index in [0.717, 1.165) is 12.0 Å². The van der Waals surface area contributed by atoms with Crippen LogP contribution >= 0.6 is 0 Å². The molecule has 6 heteroatoms. The van der Waals surface area contributed by atoms with Gasteiger partial charge in [0.25, 0.3) is 0 Å². The highest BCUT2D eigenvalue weighted by Gasteiger charge is 2.13. The lowest BCUT2D eigenvalue weighted by Gasteiger charge is -2.05. The van der Waals surface area contributed by atoms with E-state index in [1.54, 1.807) is 18.2 Å². The molecule has 3 aromatic rings. The zero-order chi connectivity index (χ0) is 18.4. The minimum Gasteiger partial charge on any atom is -0.352 e. The molecule has 26 heavy (non-hydrogen) atoms. The molecular formula is C20H20FN3O2. The fourth-order valence-corrected chi connectivity index (χ4v) is 2.51. The van der Waals surface area contributed by atoms with Gasteiger partial charge >= 0.3 is 0 Å². The minimum atomic E-state index is -0.410. The molecule has 3 rings (SSSR count). The first-order valence-electron chi connectivity index (χ1n) is 8.57. The van der Waals surface area contributed by atoms with Gasteiger partial charge in [0.15, 0.2) is 0 Å². The van der Waals surface area contributed by atoms with Crippen molar-refractivity contribution in [2.24, 2.45) is 0 Å². The Morgan fingerprint density at radius 2 is 1.85 bits per heavy atom. The number of carbonyl (C=O) groups is 1. The third kappa shape index (κ3) is 4.53. The first-order valence-corrected chi connectivity index (χ1v) is 8.57. The number of aromatic nitrogens is 2. The Morgan fingerprint density at radius 1 is 1.12 bits per heavy atom. The number of benzene rings is 2. The molecule has 0 aliphatic heterocycles. The van der Waals surface area contributed by atoms with Crippen LogP contribution in [0.2, 0.25) is 0 Å². The second kappa shape index (κ2) is 8.38. The van der Waals surface area contributed by atoms with Gasteiger partial charge < -0.3 is 9.84 Å². The lowest BCUT2D eigenvalue weighted by molar-refractivity contribution is -0.121. The van der Waals surface area contributed by atoms with Crippen LogP contribution in [0.1, 0.15) is 30.4 Å². The van der Waals surface area contributed by atoms with Crippen LogP contribution in [0, 0.1) is 5.82 Å². The SMILES string of the molecule is CCc1ccc(CNC(=O)CCc2nc(-c3ccccc3F)no2)cc1. The molecule has 2 aromatic carbocycles. The van der Waals surface area contributed by atoms with Gasteiger partial charge in [0.05, 0.1) is 5.56 Å². The van der Waals surface area contributed by atoms with Crippen LogP contribution in [-0.2, 0) is 24.2 Å². The van der Waals surface area contributed by atoms with E-state index in [-0.39, 0.29) is 23.7 Å². The molecule has 0 aliphatic rings. The number of nitrogens with zero attached hydrogens (tertiary/aromatic N) is 2. The van der Waals surface area contributed by atoms with Crippen LogP contribution in [0.4, 0.5) is 4.39 Å². The number of rotatable bonds is 7. The molecule has 0 spiro atoms. The number of hydrogen-bond donors (Lipinski definition) is 1. The molecule has 0 saturated heterocycles. The van der Waals surface area contributed by atoms with Crippen molar-refractivity contribution >= 4 is 5.91 Å². The lowest BCUT2D eigenvalue weighted by atomic mass is 10.1. The Balaban J connectivity index is 1.49. The largest absolute Gasteiger partial charge is 0.352 e. The van der Waals surface area contributed by atoms with Crippen molar-refractivity contribution in [2.45, 2.75) is 32.7 Å². The van der Waals surface area contributed by atoms with E-state index in [9.17, 15) is 9.18 Å². The maximum Gasteiger partial charge on any atom is 0.227 e. The predicted octanol–water partition coefficient (Wildman–Crippen LogP) is 3.69. The minimum absolute atomic E-state index is 0.102. The van der Waals surface area contributed by atoms with Gasteiger partial charge in [0.1, 0.15) is 5.82 Å². The zero-order valence-electron chi connectivity index (χ0n) is 14.5. The maximum atomic E-state index is 13.7. The first-order chi connectivity index (χ1) is 12.7. The normalized spacial score (nSPS) is 10.7. The highest BCUT2D eigenvalue weighted by Crippen LogP contribution is 2.19. The summed E-state index contributed by atoms with van der Waals surface area (Å²) in [7, 11) is 0. The van der Waals surface area contributed by atoms with Crippen molar-refractivity contribution < 1.29 is 13.7 Å². The van der Waals surface area contributed by atoms with Gasteiger partial charge in [0, 0.05) is 19.4 Å². The number of halogens is 1. The number of carbonyl (C=O) groups excluding carboxylic acids is 1. The summed E-state index contributed by atoms with van der Waals surface area (Å²) in [5.74, 6) is -0.0119. The van der Waals surface area contributed by atoms with Gasteiger partial charge in [-0.15, -0.1) is 0 Å². The molecule has 0 bridgehead atoms. The quantitative estimate of drug-likeness (QED) is 0.703. The van der Waals surface area contributed by atoms with Crippen LogP contribution in [0.25, 0.3) is 11.4 Å². The smallest absolute Gasteiger partial charge is 0.227 e. The number of nitrogens with one attached hydrogen (secondary N) is 1. The number of aryl methyl sites for hydroxylation is 2. The molecule has 5 nitrogen and oxygen atoms in total. The van der Waals surface area contributed by atoms with Gasteiger partial charge in [-0.05, 0) is 29.7 Å². The Labute approximate surface area is 151 Å². The Kier molecular flexibility index (Phi) is 5.73.